The summed E-state index contributed by atoms with van der Waals surface area (Å²) in [6.45, 7) is 2.06. The summed E-state index contributed by atoms with van der Waals surface area (Å²) in [5.74, 6) is 0.245. The van der Waals surface area contributed by atoms with Gasteiger partial charge in [-0.15, -0.1) is 0 Å². The lowest BCUT2D eigenvalue weighted by Gasteiger charge is -2.08. The van der Waals surface area contributed by atoms with Gasteiger partial charge in [-0.3, -0.25) is 14.3 Å². The van der Waals surface area contributed by atoms with E-state index in [4.69, 9.17) is 5.73 Å². The highest BCUT2D eigenvalue weighted by Crippen LogP contribution is 2.29. The van der Waals surface area contributed by atoms with Crippen LogP contribution in [0.4, 0.5) is 5.82 Å². The number of nitrogens with two attached hydrogens (primary N) is 1. The van der Waals surface area contributed by atoms with Gasteiger partial charge in [-0.05, 0) is 41.8 Å². The van der Waals surface area contributed by atoms with Gasteiger partial charge in [0.1, 0.15) is 11.3 Å². The van der Waals surface area contributed by atoms with Gasteiger partial charge in [-0.1, -0.05) is 25.3 Å². The molecule has 1 saturated carbocycles. The fraction of sp³-hybridized carbons (Fsp3) is 0.211. The first-order chi connectivity index (χ1) is 12.2. The molecule has 0 saturated heterocycles. The van der Waals surface area contributed by atoms with Crippen LogP contribution in [0.15, 0.2) is 36.7 Å². The average Bonchev–Trinajstić information content (AvgIpc) is 3.35. The number of aromatic nitrogens is 4. The maximum Gasteiger partial charge on any atom is 0.170 e. The quantitative estimate of drug-likeness (QED) is 0.547. The number of rotatable bonds is 2. The van der Waals surface area contributed by atoms with E-state index in [0.29, 0.717) is 11.3 Å². The number of fused-ring (bicyclic) bond motifs is 2. The summed E-state index contributed by atoms with van der Waals surface area (Å²) in [5.41, 5.74) is 11.0. The summed E-state index contributed by atoms with van der Waals surface area (Å²) in [7, 11) is 0. The lowest BCUT2D eigenvalue weighted by atomic mass is 9.99. The van der Waals surface area contributed by atoms with E-state index < -0.39 is 0 Å². The van der Waals surface area contributed by atoms with Crippen LogP contribution in [0, 0.1) is 6.92 Å². The van der Waals surface area contributed by atoms with Gasteiger partial charge in [-0.25, -0.2) is 4.98 Å². The van der Waals surface area contributed by atoms with Crippen LogP contribution in [0.3, 0.4) is 0 Å². The predicted octanol–water partition coefficient (Wildman–Crippen LogP) is 3.75. The second-order valence-corrected chi connectivity index (χ2v) is 6.28. The van der Waals surface area contributed by atoms with Crippen molar-refractivity contribution < 1.29 is 4.79 Å². The number of aldehydes is 1. The zero-order chi connectivity index (χ0) is 17.4. The number of carbonyl (C=O) groups excluding carboxylic acids is 1. The van der Waals surface area contributed by atoms with Gasteiger partial charge < -0.3 is 5.73 Å². The van der Waals surface area contributed by atoms with E-state index >= 15 is 0 Å². The van der Waals surface area contributed by atoms with E-state index in [-0.39, 0.29) is 5.82 Å². The minimum absolute atomic E-state index is 0.245. The van der Waals surface area contributed by atoms with E-state index in [1.165, 1.54) is 19.3 Å². The fourth-order valence-corrected chi connectivity index (χ4v) is 2.83. The number of aromatic amines is 1. The Labute approximate surface area is 144 Å². The van der Waals surface area contributed by atoms with Crippen molar-refractivity contribution in [2.24, 2.45) is 0 Å². The molecule has 0 radical (unpaired) electrons. The molecule has 6 heteroatoms. The lowest BCUT2D eigenvalue weighted by Crippen LogP contribution is -1.95. The zero-order valence-electron chi connectivity index (χ0n) is 14.0. The summed E-state index contributed by atoms with van der Waals surface area (Å²) < 4.78 is 1.72. The number of carbonyl (C=O) groups is 1. The van der Waals surface area contributed by atoms with E-state index in [2.05, 4.69) is 22.1 Å². The van der Waals surface area contributed by atoms with Crippen LogP contribution in [-0.2, 0) is 0 Å². The molecule has 25 heavy (non-hydrogen) atoms. The second-order valence-electron chi connectivity index (χ2n) is 6.28. The highest BCUT2D eigenvalue weighted by molar-refractivity contribution is 5.89. The van der Waals surface area contributed by atoms with Gasteiger partial charge in [0.25, 0.3) is 0 Å². The molecule has 4 aromatic rings. The standard InChI is InChI=1S/C16H13N5O.C3H6/c1-9-11(3-4-13-12(9)6-18-20-13)10-2-5-15-19-16(17)14(8-22)21(15)7-10;1-2-3-1/h2-8H,17H2,1H3,(H,18,20);1-3H2. The zero-order valence-corrected chi connectivity index (χ0v) is 14.0. The number of benzene rings is 1. The molecule has 3 N–H and O–H groups in total. The predicted molar refractivity (Wildman–Crippen MR) is 98.7 cm³/mol. The first-order valence-electron chi connectivity index (χ1n) is 8.35. The topological polar surface area (TPSA) is 89.1 Å². The summed E-state index contributed by atoms with van der Waals surface area (Å²) in [4.78, 5) is 15.4. The molecule has 0 atom stereocenters. The third kappa shape index (κ3) is 2.76. The molecule has 3 aromatic heterocycles. The SMILES string of the molecule is C1CC1.Cc1c(-c2ccc3nc(N)c(C=O)n3c2)ccc2[nH]ncc12. The summed E-state index contributed by atoms with van der Waals surface area (Å²) in [6.07, 6.45) is 8.93. The van der Waals surface area contributed by atoms with E-state index in [1.54, 1.807) is 4.40 Å². The number of imidazole rings is 1. The van der Waals surface area contributed by atoms with Gasteiger partial charge in [0.05, 0.1) is 11.7 Å². The highest BCUT2D eigenvalue weighted by atomic mass is 16.1. The molecule has 3 heterocycles. The Bertz CT molecular complexity index is 1070. The Morgan fingerprint density at radius 1 is 1.20 bits per heavy atom. The molecule has 6 nitrogen and oxygen atoms in total. The number of aryl methyl sites for hydroxylation is 1. The average molecular weight is 333 g/mol. The Hall–Kier alpha value is -3.15. The number of H-pyrrole nitrogens is 1. The third-order valence-corrected chi connectivity index (χ3v) is 4.35. The molecule has 0 aliphatic heterocycles. The Morgan fingerprint density at radius 2 is 2.00 bits per heavy atom. The van der Waals surface area contributed by atoms with Crippen LogP contribution in [0.5, 0.6) is 0 Å². The molecule has 0 spiro atoms. The molecule has 1 aliphatic carbocycles. The summed E-state index contributed by atoms with van der Waals surface area (Å²) in [6, 6.07) is 7.87. The summed E-state index contributed by atoms with van der Waals surface area (Å²) >= 11 is 0. The molecule has 1 aromatic carbocycles. The number of hydrogen-bond donors (Lipinski definition) is 2. The van der Waals surface area contributed by atoms with Gasteiger partial charge in [0.2, 0.25) is 0 Å². The van der Waals surface area contributed by atoms with Crippen molar-refractivity contribution >= 4 is 28.7 Å². The van der Waals surface area contributed by atoms with E-state index in [1.807, 2.05) is 36.7 Å². The van der Waals surface area contributed by atoms with Crippen molar-refractivity contribution in [2.45, 2.75) is 26.2 Å². The first-order valence-corrected chi connectivity index (χ1v) is 8.35. The van der Waals surface area contributed by atoms with Crippen molar-refractivity contribution in [3.8, 4) is 11.1 Å². The molecule has 0 bridgehead atoms. The Morgan fingerprint density at radius 3 is 2.72 bits per heavy atom. The number of pyridine rings is 1. The van der Waals surface area contributed by atoms with Gasteiger partial charge in [-0.2, -0.15) is 5.10 Å². The van der Waals surface area contributed by atoms with Crippen LogP contribution in [0.2, 0.25) is 0 Å². The van der Waals surface area contributed by atoms with Crippen molar-refractivity contribution in [3.63, 3.8) is 0 Å². The monoisotopic (exact) mass is 333 g/mol. The minimum Gasteiger partial charge on any atom is -0.382 e. The van der Waals surface area contributed by atoms with Crippen molar-refractivity contribution in [3.05, 3.63) is 47.9 Å². The number of hydrogen-bond acceptors (Lipinski definition) is 4. The molecular formula is C19H19N5O. The van der Waals surface area contributed by atoms with E-state index in [0.717, 1.165) is 33.9 Å². The maximum absolute atomic E-state index is 11.2. The highest BCUT2D eigenvalue weighted by Gasteiger charge is 2.12. The minimum atomic E-state index is 0.245. The van der Waals surface area contributed by atoms with Crippen LogP contribution >= 0.6 is 0 Å². The molecule has 1 fully saturated rings. The largest absolute Gasteiger partial charge is 0.382 e. The van der Waals surface area contributed by atoms with Gasteiger partial charge in [0, 0.05) is 11.6 Å². The van der Waals surface area contributed by atoms with Gasteiger partial charge in [0.15, 0.2) is 12.1 Å². The number of nitrogen functional groups attached to an aromatic ring is 1. The fourth-order valence-electron chi connectivity index (χ4n) is 2.83. The van der Waals surface area contributed by atoms with E-state index in [9.17, 15) is 4.79 Å². The number of nitrogens with one attached hydrogen (secondary N) is 1. The molecular weight excluding hydrogens is 314 g/mol. The number of anilines is 1. The smallest absolute Gasteiger partial charge is 0.170 e. The molecule has 126 valence electrons. The maximum atomic E-state index is 11.2. The van der Waals surface area contributed by atoms with Gasteiger partial charge >= 0.3 is 0 Å². The normalized spacial score (nSPS) is 12.8. The Kier molecular flexibility index (Phi) is 3.72. The molecule has 5 rings (SSSR count). The van der Waals surface area contributed by atoms with Crippen molar-refractivity contribution in [1.82, 2.24) is 19.6 Å². The van der Waals surface area contributed by atoms with Crippen molar-refractivity contribution in [2.75, 3.05) is 5.73 Å². The summed E-state index contributed by atoms with van der Waals surface area (Å²) in [5, 5.41) is 8.12. The second kappa shape index (κ2) is 6.05. The lowest BCUT2D eigenvalue weighted by molar-refractivity contribution is 0.111. The van der Waals surface area contributed by atoms with Crippen LogP contribution in [0.25, 0.3) is 27.7 Å². The third-order valence-electron chi connectivity index (χ3n) is 4.35. The first kappa shape index (κ1) is 15.4. The Balaban J connectivity index is 0.000000474. The number of nitrogens with zero attached hydrogens (tertiary/aromatic N) is 3. The van der Waals surface area contributed by atoms with Crippen LogP contribution in [-0.4, -0.2) is 25.9 Å². The molecule has 1 aliphatic rings. The van der Waals surface area contributed by atoms with Crippen LogP contribution in [0.1, 0.15) is 35.3 Å². The molecule has 0 amide bonds. The van der Waals surface area contributed by atoms with Crippen molar-refractivity contribution in [1.29, 1.82) is 0 Å². The van der Waals surface area contributed by atoms with Crippen LogP contribution < -0.4 is 5.73 Å². The molecule has 0 unspecified atom stereocenters.